The molecule has 7 nitrogen and oxygen atoms in total. The van der Waals surface area contributed by atoms with Crippen LogP contribution in [0.2, 0.25) is 0 Å². The number of rotatable bonds is 2. The van der Waals surface area contributed by atoms with Crippen molar-refractivity contribution in [1.29, 1.82) is 0 Å². The number of esters is 1. The minimum Gasteiger partial charge on any atom is -0.832 e. The summed E-state index contributed by atoms with van der Waals surface area (Å²) < 4.78 is 15.0. The van der Waals surface area contributed by atoms with E-state index in [2.05, 4.69) is 4.74 Å². The molecule has 10 heteroatoms. The maximum Gasteiger partial charge on any atom is 1.00 e. The number of ether oxygens (including phenoxy) is 1. The largest absolute Gasteiger partial charge is 1.00 e. The van der Waals surface area contributed by atoms with Crippen LogP contribution in [-0.2, 0) is 14.3 Å². The molecule has 0 radical (unpaired) electrons. The second-order valence-electron chi connectivity index (χ2n) is 1.46. The Hall–Kier alpha value is -0.588. The molecule has 0 fully saturated rings. The maximum atomic E-state index is 11.1. The van der Waals surface area contributed by atoms with Gasteiger partial charge in [-0.2, -0.15) is 0 Å². The molecule has 0 heterocycles. The van der Waals surface area contributed by atoms with Crippen molar-refractivity contribution in [2.24, 2.45) is 0 Å². The molecule has 0 amide bonds. The van der Waals surface area contributed by atoms with Gasteiger partial charge in [0.05, 0.1) is 0 Å². The van der Waals surface area contributed by atoms with Gasteiger partial charge in [-0.15, -0.1) is 0 Å². The number of hydrogen-bond acceptors (Lipinski definition) is 6. The van der Waals surface area contributed by atoms with Crippen LogP contribution in [0.4, 0.5) is 4.39 Å². The first kappa shape index (κ1) is 19.1. The summed E-state index contributed by atoms with van der Waals surface area (Å²) in [5.74, 6) is -3.13. The van der Waals surface area contributed by atoms with Crippen LogP contribution in [0.25, 0.3) is 0 Å². The SMILES string of the molecule is O=C(O)C(=O)OCCF.[Li+].[O-]B(O)O. The first-order valence-corrected chi connectivity index (χ1v) is 2.89. The fourth-order valence-corrected chi connectivity index (χ4v) is 0.193. The van der Waals surface area contributed by atoms with E-state index < -0.39 is 32.5 Å². The summed E-state index contributed by atoms with van der Waals surface area (Å²) >= 11 is 0. The van der Waals surface area contributed by atoms with Crippen LogP contribution in [0.15, 0.2) is 0 Å². The molecule has 0 unspecified atom stereocenters. The van der Waals surface area contributed by atoms with Gasteiger partial charge < -0.3 is 24.9 Å². The Morgan fingerprint density at radius 3 is 2.00 bits per heavy atom. The third-order valence-electron chi connectivity index (χ3n) is 0.485. The molecule has 14 heavy (non-hydrogen) atoms. The van der Waals surface area contributed by atoms with Gasteiger partial charge in [-0.25, -0.2) is 14.0 Å². The summed E-state index contributed by atoms with van der Waals surface area (Å²) in [5.41, 5.74) is 0. The van der Waals surface area contributed by atoms with E-state index in [-0.39, 0.29) is 18.9 Å². The molecule has 0 aromatic rings. The molecule has 0 aromatic heterocycles. The fourth-order valence-electron chi connectivity index (χ4n) is 0.193. The Balaban J connectivity index is -0.000000209. The number of halogens is 1. The smallest absolute Gasteiger partial charge is 0.832 e. The van der Waals surface area contributed by atoms with Gasteiger partial charge in [-0.05, 0) is 0 Å². The van der Waals surface area contributed by atoms with Gasteiger partial charge in [0, 0.05) is 0 Å². The monoisotopic (exact) mass is 204 g/mol. The average Bonchev–Trinajstić information content (AvgIpc) is 1.98. The summed E-state index contributed by atoms with van der Waals surface area (Å²) in [5, 5.41) is 30.6. The van der Waals surface area contributed by atoms with Crippen LogP contribution in [0.5, 0.6) is 0 Å². The zero-order chi connectivity index (χ0) is 10.9. The molecule has 0 aliphatic rings. The Morgan fingerprint density at radius 1 is 1.43 bits per heavy atom. The zero-order valence-electron chi connectivity index (χ0n) is 7.34. The van der Waals surface area contributed by atoms with Crippen molar-refractivity contribution in [3.8, 4) is 0 Å². The van der Waals surface area contributed by atoms with Crippen LogP contribution in [0, 0.1) is 0 Å². The molecule has 0 saturated carbocycles. The number of carbonyl (C=O) groups is 2. The van der Waals surface area contributed by atoms with Crippen LogP contribution in [-0.4, -0.2) is 47.7 Å². The minimum atomic E-state index is -2.42. The molecule has 0 rings (SSSR count). The van der Waals surface area contributed by atoms with E-state index in [0.29, 0.717) is 0 Å². The number of carbonyl (C=O) groups excluding carboxylic acids is 1. The van der Waals surface area contributed by atoms with Crippen molar-refractivity contribution in [2.45, 2.75) is 0 Å². The van der Waals surface area contributed by atoms with E-state index in [4.69, 9.17) is 20.2 Å². The molecule has 0 aliphatic heterocycles. The molecule has 0 spiro atoms. The molecule has 0 aromatic carbocycles. The summed E-state index contributed by atoms with van der Waals surface area (Å²) in [6.45, 7) is -1.36. The average molecular weight is 204 g/mol. The number of carboxylic acids is 1. The van der Waals surface area contributed by atoms with Crippen LogP contribution < -0.4 is 23.9 Å². The van der Waals surface area contributed by atoms with Crippen molar-refractivity contribution < 1.29 is 57.8 Å². The van der Waals surface area contributed by atoms with E-state index in [1.807, 2.05) is 0 Å². The molecule has 0 aliphatic carbocycles. The summed E-state index contributed by atoms with van der Waals surface area (Å²) in [4.78, 5) is 19.5. The third kappa shape index (κ3) is 22.5. The molecule has 0 atom stereocenters. The van der Waals surface area contributed by atoms with Gasteiger partial charge in [-0.1, -0.05) is 0 Å². The van der Waals surface area contributed by atoms with Gasteiger partial charge in [0.15, 0.2) is 0 Å². The van der Waals surface area contributed by atoms with Crippen molar-refractivity contribution in [3.63, 3.8) is 0 Å². The third-order valence-corrected chi connectivity index (χ3v) is 0.485. The number of hydrogen-bond donors (Lipinski definition) is 3. The minimum absolute atomic E-state index is 0. The maximum absolute atomic E-state index is 11.1. The zero-order valence-corrected chi connectivity index (χ0v) is 7.34. The van der Waals surface area contributed by atoms with Gasteiger partial charge in [0.25, 0.3) is 0 Å². The van der Waals surface area contributed by atoms with Crippen LogP contribution >= 0.6 is 0 Å². The number of aliphatic carboxylic acids is 1. The Bertz CT molecular complexity index is 163. The molecule has 3 N–H and O–H groups in total. The standard InChI is InChI=1S/C4H5FO4.BH2O3.Li/c5-1-2-9-4(8)3(6)7;2-1(3)4;/h1-2H2,(H,6,7);2-3H;/q;-1;+1. The summed E-state index contributed by atoms with van der Waals surface area (Å²) in [6, 6.07) is 0. The second kappa shape index (κ2) is 12.4. The second-order valence-corrected chi connectivity index (χ2v) is 1.46. The topological polar surface area (TPSA) is 127 Å². The Labute approximate surface area is 90.8 Å². The molecule has 76 valence electrons. The van der Waals surface area contributed by atoms with Crippen molar-refractivity contribution >= 4 is 19.3 Å². The van der Waals surface area contributed by atoms with Crippen molar-refractivity contribution in [1.82, 2.24) is 0 Å². The first-order chi connectivity index (χ1) is 5.91. The van der Waals surface area contributed by atoms with E-state index >= 15 is 0 Å². The predicted octanol–water partition coefficient (Wildman–Crippen LogP) is -6.10. The van der Waals surface area contributed by atoms with E-state index in [9.17, 15) is 14.0 Å². The van der Waals surface area contributed by atoms with Crippen LogP contribution in [0.3, 0.4) is 0 Å². The van der Waals surface area contributed by atoms with E-state index in [1.165, 1.54) is 0 Å². The van der Waals surface area contributed by atoms with Crippen molar-refractivity contribution in [3.05, 3.63) is 0 Å². The quantitative estimate of drug-likeness (QED) is 0.232. The molecular formula is C4H7BFLiO7. The van der Waals surface area contributed by atoms with Crippen LogP contribution in [0.1, 0.15) is 0 Å². The van der Waals surface area contributed by atoms with Gasteiger partial charge in [0.1, 0.15) is 13.3 Å². The Kier molecular flexibility index (Phi) is 16.9. The van der Waals surface area contributed by atoms with Crippen molar-refractivity contribution in [2.75, 3.05) is 13.3 Å². The Morgan fingerprint density at radius 2 is 1.79 bits per heavy atom. The van der Waals surface area contributed by atoms with E-state index in [0.717, 1.165) is 0 Å². The van der Waals surface area contributed by atoms with Gasteiger partial charge >= 0.3 is 38.1 Å². The number of carboxylic acid groups (broad SMARTS) is 1. The fraction of sp³-hybridized carbons (Fsp3) is 0.500. The summed E-state index contributed by atoms with van der Waals surface area (Å²) in [7, 11) is -2.42. The summed E-state index contributed by atoms with van der Waals surface area (Å²) in [6.07, 6.45) is 0. The normalized spacial score (nSPS) is 7.43. The van der Waals surface area contributed by atoms with E-state index in [1.54, 1.807) is 0 Å². The van der Waals surface area contributed by atoms with Gasteiger partial charge in [-0.3, -0.25) is 0 Å². The van der Waals surface area contributed by atoms with Gasteiger partial charge in [0.2, 0.25) is 0 Å². The molecule has 0 saturated heterocycles. The molecular weight excluding hydrogens is 197 g/mol. The predicted molar refractivity (Wildman–Crippen MR) is 34.8 cm³/mol. The number of alkyl halides is 1. The molecule has 0 bridgehead atoms. The first-order valence-electron chi connectivity index (χ1n) is 2.89.